The van der Waals surface area contributed by atoms with Crippen LogP contribution >= 0.6 is 23.2 Å². The molecule has 1 aliphatic rings. The molecule has 5 nitrogen and oxygen atoms in total. The molecule has 2 aromatic carbocycles. The predicted molar refractivity (Wildman–Crippen MR) is 137 cm³/mol. The Balaban J connectivity index is 1.61. The molecule has 1 atom stereocenters. The van der Waals surface area contributed by atoms with Crippen LogP contribution in [0, 0.1) is 12.8 Å². The number of Topliss-reactive ketones (excluding diaryl/α,β-unsaturated/α-hetero) is 1. The number of aliphatic hydroxyl groups is 1. The van der Waals surface area contributed by atoms with E-state index in [0.29, 0.717) is 58.7 Å². The van der Waals surface area contributed by atoms with Crippen molar-refractivity contribution in [1.82, 2.24) is 9.47 Å². The normalized spacial score (nSPS) is 15.9. The van der Waals surface area contributed by atoms with Crippen LogP contribution in [0.1, 0.15) is 52.5 Å². The van der Waals surface area contributed by atoms with Crippen molar-refractivity contribution in [3.63, 3.8) is 0 Å². The van der Waals surface area contributed by atoms with Crippen molar-refractivity contribution in [2.24, 2.45) is 13.0 Å². The summed E-state index contributed by atoms with van der Waals surface area (Å²) in [7, 11) is 1.69. The number of halogens is 5. The number of carbonyl (C=O) groups excluding carboxylic acids is 2. The van der Waals surface area contributed by atoms with Crippen molar-refractivity contribution in [1.29, 1.82) is 0 Å². The fourth-order valence-electron chi connectivity index (χ4n) is 5.02. The molecular formula is C27H27Cl2F3N2O3. The van der Waals surface area contributed by atoms with Gasteiger partial charge in [0.2, 0.25) is 0 Å². The van der Waals surface area contributed by atoms with E-state index in [2.05, 4.69) is 0 Å². The van der Waals surface area contributed by atoms with Crippen molar-refractivity contribution in [3.05, 3.63) is 68.3 Å². The molecule has 0 aliphatic carbocycles. The number of amides is 1. The van der Waals surface area contributed by atoms with Crippen molar-refractivity contribution in [2.45, 2.75) is 45.4 Å². The van der Waals surface area contributed by atoms with E-state index < -0.39 is 17.8 Å². The lowest BCUT2D eigenvalue weighted by Gasteiger charge is -2.33. The molecule has 37 heavy (non-hydrogen) atoms. The number of alkyl halides is 3. The third-order valence-corrected chi connectivity index (χ3v) is 8.05. The summed E-state index contributed by atoms with van der Waals surface area (Å²) in [5, 5.41) is 11.3. The second-order valence-electron chi connectivity index (χ2n) is 9.67. The lowest BCUT2D eigenvalue weighted by atomic mass is 9.89. The Hall–Kier alpha value is -2.55. The number of hydrogen-bond donors (Lipinski definition) is 1. The number of aromatic nitrogens is 1. The van der Waals surface area contributed by atoms with Gasteiger partial charge in [0.1, 0.15) is 6.10 Å². The first-order valence-corrected chi connectivity index (χ1v) is 12.7. The molecule has 2 heterocycles. The third kappa shape index (κ3) is 5.38. The number of likely N-dealkylation sites (tertiary alicyclic amines) is 1. The number of fused-ring (bicyclic) bond motifs is 1. The molecule has 0 radical (unpaired) electrons. The largest absolute Gasteiger partial charge is 0.416 e. The fraction of sp³-hybridized carbons (Fsp3) is 0.407. The first kappa shape index (κ1) is 27.5. The Morgan fingerprint density at radius 2 is 1.78 bits per heavy atom. The van der Waals surface area contributed by atoms with Crippen LogP contribution in [-0.2, 0) is 24.4 Å². The molecule has 1 aromatic heterocycles. The molecule has 1 N–H and O–H groups in total. The van der Waals surface area contributed by atoms with Crippen LogP contribution in [0.25, 0.3) is 10.9 Å². The summed E-state index contributed by atoms with van der Waals surface area (Å²) in [6, 6.07) is 7.23. The van der Waals surface area contributed by atoms with Gasteiger partial charge in [0.05, 0.1) is 16.1 Å². The third-order valence-electron chi connectivity index (χ3n) is 7.26. The summed E-state index contributed by atoms with van der Waals surface area (Å²) >= 11 is 13.2. The van der Waals surface area contributed by atoms with E-state index in [4.69, 9.17) is 23.2 Å². The Bertz CT molecular complexity index is 1380. The second kappa shape index (κ2) is 10.3. The Kier molecular flexibility index (Phi) is 7.66. The number of rotatable bonds is 5. The first-order chi connectivity index (χ1) is 17.3. The minimum Gasteiger partial charge on any atom is -0.385 e. The van der Waals surface area contributed by atoms with Crippen LogP contribution in [0.4, 0.5) is 13.2 Å². The Morgan fingerprint density at radius 1 is 1.14 bits per heavy atom. The van der Waals surface area contributed by atoms with Crippen molar-refractivity contribution in [2.75, 3.05) is 13.1 Å². The van der Waals surface area contributed by atoms with Gasteiger partial charge in [-0.15, -0.1) is 0 Å². The first-order valence-electron chi connectivity index (χ1n) is 11.9. The van der Waals surface area contributed by atoms with Gasteiger partial charge >= 0.3 is 6.18 Å². The van der Waals surface area contributed by atoms with E-state index in [1.54, 1.807) is 35.6 Å². The van der Waals surface area contributed by atoms with Gasteiger partial charge < -0.3 is 14.6 Å². The molecule has 1 fully saturated rings. The molecular weight excluding hydrogens is 528 g/mol. The van der Waals surface area contributed by atoms with Crippen molar-refractivity contribution in [3.8, 4) is 0 Å². The van der Waals surface area contributed by atoms with Gasteiger partial charge in [0.25, 0.3) is 5.91 Å². The molecule has 0 saturated carbocycles. The van der Waals surface area contributed by atoms with E-state index in [9.17, 15) is 27.9 Å². The van der Waals surface area contributed by atoms with Crippen LogP contribution in [0.3, 0.4) is 0 Å². The molecule has 198 valence electrons. The Morgan fingerprint density at radius 3 is 2.38 bits per heavy atom. The van der Waals surface area contributed by atoms with Gasteiger partial charge in [-0.3, -0.25) is 9.59 Å². The maximum Gasteiger partial charge on any atom is 0.416 e. The molecule has 0 spiro atoms. The summed E-state index contributed by atoms with van der Waals surface area (Å²) in [5.74, 6) is -0.750. The lowest BCUT2D eigenvalue weighted by molar-refractivity contribution is -0.137. The van der Waals surface area contributed by atoms with Crippen LogP contribution in [0.5, 0.6) is 0 Å². The number of nitrogens with zero attached hydrogens (tertiary/aromatic N) is 2. The molecule has 0 bridgehead atoms. The van der Waals surface area contributed by atoms with Gasteiger partial charge in [0.15, 0.2) is 5.78 Å². The molecule has 3 aromatic rings. The number of ketones is 1. The van der Waals surface area contributed by atoms with E-state index in [1.807, 2.05) is 6.07 Å². The number of carbonyl (C=O) groups is 2. The zero-order chi connectivity index (χ0) is 27.2. The topological polar surface area (TPSA) is 62.5 Å². The van der Waals surface area contributed by atoms with Crippen molar-refractivity contribution < 1.29 is 27.9 Å². The van der Waals surface area contributed by atoms with Gasteiger partial charge in [-0.25, -0.2) is 0 Å². The molecule has 4 rings (SSSR count). The van der Waals surface area contributed by atoms with Crippen LogP contribution < -0.4 is 0 Å². The highest BCUT2D eigenvalue weighted by molar-refractivity contribution is 6.38. The lowest BCUT2D eigenvalue weighted by Crippen LogP contribution is -2.42. The monoisotopic (exact) mass is 554 g/mol. The molecule has 1 saturated heterocycles. The van der Waals surface area contributed by atoms with E-state index in [0.717, 1.165) is 12.1 Å². The molecule has 1 unspecified atom stereocenters. The van der Waals surface area contributed by atoms with Gasteiger partial charge in [-0.05, 0) is 74.1 Å². The van der Waals surface area contributed by atoms with Gasteiger partial charge in [-0.1, -0.05) is 23.2 Å². The van der Waals surface area contributed by atoms with E-state index in [1.165, 1.54) is 6.92 Å². The fourth-order valence-corrected chi connectivity index (χ4v) is 5.61. The van der Waals surface area contributed by atoms with Crippen molar-refractivity contribution >= 4 is 45.8 Å². The smallest absolute Gasteiger partial charge is 0.385 e. The quantitative estimate of drug-likeness (QED) is 0.408. The van der Waals surface area contributed by atoms with Crippen LogP contribution in [-0.4, -0.2) is 45.5 Å². The second-order valence-corrected chi connectivity index (χ2v) is 10.5. The highest BCUT2D eigenvalue weighted by Crippen LogP contribution is 2.36. The van der Waals surface area contributed by atoms with Gasteiger partial charge in [0, 0.05) is 48.2 Å². The molecule has 1 aliphatic heterocycles. The number of benzene rings is 2. The number of piperidine rings is 1. The summed E-state index contributed by atoms with van der Waals surface area (Å²) in [6.07, 6.45) is -4.26. The number of hydrogen-bond acceptors (Lipinski definition) is 3. The average Bonchev–Trinajstić information content (AvgIpc) is 3.16. The highest BCUT2D eigenvalue weighted by atomic mass is 35.5. The minimum atomic E-state index is -4.46. The Labute approximate surface area is 222 Å². The zero-order valence-corrected chi connectivity index (χ0v) is 22.1. The molecule has 10 heteroatoms. The average molecular weight is 555 g/mol. The maximum absolute atomic E-state index is 13.3. The SMILES string of the molecule is CC(=O)C(O)C1CCN(C(=O)c2ccc(Cl)c(Cc3cc4c(C)cc(C(F)(F)F)cc4n3C)c2Cl)CC1. The predicted octanol–water partition coefficient (Wildman–Crippen LogP) is 6.21. The minimum absolute atomic E-state index is 0.189. The van der Waals surface area contributed by atoms with Crippen LogP contribution in [0.15, 0.2) is 30.3 Å². The summed E-state index contributed by atoms with van der Waals surface area (Å²) < 4.78 is 41.7. The zero-order valence-electron chi connectivity index (χ0n) is 20.6. The van der Waals surface area contributed by atoms with Gasteiger partial charge in [-0.2, -0.15) is 13.2 Å². The number of aliphatic hydroxyl groups excluding tert-OH is 1. The van der Waals surface area contributed by atoms with E-state index >= 15 is 0 Å². The highest BCUT2D eigenvalue weighted by Gasteiger charge is 2.32. The summed E-state index contributed by atoms with van der Waals surface area (Å²) in [5.41, 5.74) is 1.72. The summed E-state index contributed by atoms with van der Waals surface area (Å²) in [6.45, 7) is 3.75. The number of aryl methyl sites for hydroxylation is 2. The summed E-state index contributed by atoms with van der Waals surface area (Å²) in [4.78, 5) is 26.4. The molecule has 1 amide bonds. The van der Waals surface area contributed by atoms with Crippen LogP contribution in [0.2, 0.25) is 10.0 Å². The maximum atomic E-state index is 13.3. The van der Waals surface area contributed by atoms with E-state index in [-0.39, 0.29) is 34.6 Å². The standard InChI is InChI=1S/C27H27Cl2F3N2O3/c1-14-10-17(27(30,31)32)11-23-20(14)12-18(33(23)3)13-21-22(28)5-4-19(24(21)29)26(37)34-8-6-16(7-9-34)25(36)15(2)35/h4-5,10-12,16,25,36H,6-9,13H2,1-3H3.